The first-order valence-electron chi connectivity index (χ1n) is 10.5. The predicted octanol–water partition coefficient (Wildman–Crippen LogP) is 3.67. The lowest BCUT2D eigenvalue weighted by molar-refractivity contribution is -0.140. The first-order chi connectivity index (χ1) is 15.2. The molecule has 2 bridgehead atoms. The van der Waals surface area contributed by atoms with E-state index in [1.807, 2.05) is 30.3 Å². The molecule has 1 heterocycles. The number of carbonyl (C=O) groups is 2. The Balaban J connectivity index is 1.24. The number of hydrazone groups is 1. The van der Waals surface area contributed by atoms with Crippen molar-refractivity contribution >= 4 is 18.0 Å². The molecule has 0 N–H and O–H groups in total. The molecule has 0 unspecified atom stereocenters. The summed E-state index contributed by atoms with van der Waals surface area (Å²) in [6.45, 7) is 0.299. The molecule has 31 heavy (non-hydrogen) atoms. The molecule has 6 nitrogen and oxygen atoms in total. The molecular formula is C25H21N3O3. The Labute approximate surface area is 180 Å². The predicted molar refractivity (Wildman–Crippen MR) is 114 cm³/mol. The van der Waals surface area contributed by atoms with Crippen LogP contribution < -0.4 is 4.74 Å². The molecule has 2 aromatic rings. The van der Waals surface area contributed by atoms with Crippen molar-refractivity contribution in [2.24, 2.45) is 28.8 Å². The van der Waals surface area contributed by atoms with Crippen molar-refractivity contribution in [1.29, 1.82) is 5.26 Å². The molecule has 0 aromatic heterocycles. The Bertz CT molecular complexity index is 1100. The van der Waals surface area contributed by atoms with E-state index in [1.54, 1.807) is 18.2 Å². The zero-order valence-electron chi connectivity index (χ0n) is 16.8. The maximum atomic E-state index is 12.8. The van der Waals surface area contributed by atoms with Crippen LogP contribution in [-0.4, -0.2) is 23.0 Å². The first-order valence-corrected chi connectivity index (χ1v) is 10.5. The van der Waals surface area contributed by atoms with Crippen molar-refractivity contribution in [1.82, 2.24) is 5.01 Å². The third-order valence-electron chi connectivity index (χ3n) is 6.47. The summed E-state index contributed by atoms with van der Waals surface area (Å²) in [4.78, 5) is 25.6. The largest absolute Gasteiger partial charge is 0.489 e. The summed E-state index contributed by atoms with van der Waals surface area (Å²) in [5, 5.41) is 14.5. The maximum absolute atomic E-state index is 12.8. The third kappa shape index (κ3) is 3.42. The van der Waals surface area contributed by atoms with Gasteiger partial charge in [-0.05, 0) is 60.6 Å². The molecule has 1 aliphatic heterocycles. The number of amides is 2. The zero-order chi connectivity index (χ0) is 21.4. The van der Waals surface area contributed by atoms with Crippen LogP contribution >= 0.6 is 0 Å². The third-order valence-corrected chi connectivity index (χ3v) is 6.47. The smallest absolute Gasteiger partial charge is 0.254 e. The number of hydrogen-bond donors (Lipinski definition) is 0. The number of nitriles is 1. The average Bonchev–Trinajstić information content (AvgIpc) is 3.09. The fourth-order valence-electron chi connectivity index (χ4n) is 4.86. The van der Waals surface area contributed by atoms with Gasteiger partial charge in [-0.25, -0.2) is 0 Å². The van der Waals surface area contributed by atoms with Gasteiger partial charge in [-0.3, -0.25) is 9.59 Å². The molecule has 2 aromatic carbocycles. The van der Waals surface area contributed by atoms with Gasteiger partial charge >= 0.3 is 0 Å². The van der Waals surface area contributed by atoms with Crippen LogP contribution in [0.15, 0.2) is 65.8 Å². The van der Waals surface area contributed by atoms with E-state index < -0.39 is 0 Å². The molecule has 0 spiro atoms. The molecule has 6 heteroatoms. The van der Waals surface area contributed by atoms with E-state index in [0.717, 1.165) is 29.0 Å². The van der Waals surface area contributed by atoms with Crippen LogP contribution in [0.3, 0.4) is 0 Å². The van der Waals surface area contributed by atoms with Gasteiger partial charge in [-0.1, -0.05) is 30.4 Å². The summed E-state index contributed by atoms with van der Waals surface area (Å²) in [5.41, 5.74) is 2.18. The van der Waals surface area contributed by atoms with Crippen molar-refractivity contribution in [2.75, 3.05) is 0 Å². The minimum absolute atomic E-state index is 0.161. The monoisotopic (exact) mass is 411 g/mol. The molecule has 1 saturated heterocycles. The SMILES string of the molecule is N#Cc1ccccc1COc1ccc(/C=N\N2C(=O)[C@@H]3[C@@H](C2=O)[C@H]2C=C[C@H]3CC2)cc1. The second kappa shape index (κ2) is 7.84. The highest BCUT2D eigenvalue weighted by atomic mass is 16.5. The standard InChI is InChI=1S/C25H21N3O3/c26-13-19-3-1-2-4-20(19)15-31-21-11-5-16(6-12-21)14-27-28-24(29)22-17-7-8-18(10-9-17)23(22)25(28)30/h1-8,11-12,14,17-18,22-23H,9-10,15H2/b27-14-/t17-,18-,22-,23-/m0/s1. The van der Waals surface area contributed by atoms with Gasteiger partial charge in [0, 0.05) is 5.56 Å². The number of allylic oxidation sites excluding steroid dienone is 2. The number of hydrogen-bond acceptors (Lipinski definition) is 5. The van der Waals surface area contributed by atoms with Gasteiger partial charge in [-0.15, -0.1) is 0 Å². The minimum atomic E-state index is -0.250. The van der Waals surface area contributed by atoms with E-state index in [4.69, 9.17) is 10.00 Å². The highest BCUT2D eigenvalue weighted by Gasteiger charge is 2.56. The number of fused-ring (bicyclic) bond motifs is 1. The number of rotatable bonds is 5. The van der Waals surface area contributed by atoms with Gasteiger partial charge in [-0.2, -0.15) is 15.4 Å². The van der Waals surface area contributed by atoms with Crippen molar-refractivity contribution in [3.05, 3.63) is 77.4 Å². The zero-order valence-corrected chi connectivity index (χ0v) is 16.8. The van der Waals surface area contributed by atoms with Crippen LogP contribution in [0.25, 0.3) is 0 Å². The average molecular weight is 411 g/mol. The van der Waals surface area contributed by atoms with Crippen molar-refractivity contribution in [3.8, 4) is 11.8 Å². The van der Waals surface area contributed by atoms with Crippen molar-refractivity contribution < 1.29 is 14.3 Å². The molecular weight excluding hydrogens is 390 g/mol. The van der Waals surface area contributed by atoms with E-state index in [1.165, 1.54) is 6.21 Å². The maximum Gasteiger partial charge on any atom is 0.254 e. The van der Waals surface area contributed by atoms with Crippen LogP contribution in [0, 0.1) is 35.0 Å². The van der Waals surface area contributed by atoms with Crippen molar-refractivity contribution in [2.45, 2.75) is 19.4 Å². The number of ether oxygens (including phenoxy) is 1. The lowest BCUT2D eigenvalue weighted by Gasteiger charge is -2.37. The molecule has 1 saturated carbocycles. The van der Waals surface area contributed by atoms with Gasteiger partial charge in [0.05, 0.1) is 29.7 Å². The van der Waals surface area contributed by atoms with Gasteiger partial charge in [0.25, 0.3) is 11.8 Å². The first kappa shape index (κ1) is 19.3. The summed E-state index contributed by atoms with van der Waals surface area (Å²) in [5.74, 6) is 0.124. The Morgan fingerprint density at radius 2 is 1.65 bits per heavy atom. The van der Waals surface area contributed by atoms with E-state index >= 15 is 0 Å². The second-order valence-electron chi connectivity index (χ2n) is 8.20. The number of benzene rings is 2. The van der Waals surface area contributed by atoms with Gasteiger partial charge in [0.1, 0.15) is 12.4 Å². The van der Waals surface area contributed by atoms with E-state index in [0.29, 0.717) is 17.9 Å². The Kier molecular flexibility index (Phi) is 4.87. The van der Waals surface area contributed by atoms with E-state index in [9.17, 15) is 9.59 Å². The molecule has 2 amide bonds. The summed E-state index contributed by atoms with van der Waals surface area (Å²) in [7, 11) is 0. The normalized spacial score (nSPS) is 26.4. The van der Waals surface area contributed by atoms with Crippen molar-refractivity contribution in [3.63, 3.8) is 0 Å². The second-order valence-corrected chi connectivity index (χ2v) is 8.20. The van der Waals surface area contributed by atoms with E-state index in [2.05, 4.69) is 23.3 Å². The summed E-state index contributed by atoms with van der Waals surface area (Å²) in [6, 6.07) is 16.7. The van der Waals surface area contributed by atoms with Crippen LogP contribution in [-0.2, 0) is 16.2 Å². The van der Waals surface area contributed by atoms with Gasteiger partial charge < -0.3 is 4.74 Å². The fraction of sp³-hybridized carbons (Fsp3) is 0.280. The number of carbonyl (C=O) groups excluding carboxylic acids is 2. The molecule has 2 fully saturated rings. The number of imide groups is 1. The highest BCUT2D eigenvalue weighted by molar-refractivity contribution is 6.06. The topological polar surface area (TPSA) is 82.8 Å². The van der Waals surface area contributed by atoms with Crippen LogP contribution in [0.2, 0.25) is 0 Å². The Morgan fingerprint density at radius 1 is 1.00 bits per heavy atom. The summed E-state index contributed by atoms with van der Waals surface area (Å²) in [6.07, 6.45) is 7.68. The van der Waals surface area contributed by atoms with Crippen LogP contribution in [0.5, 0.6) is 5.75 Å². The Morgan fingerprint density at radius 3 is 2.26 bits per heavy atom. The highest BCUT2D eigenvalue weighted by Crippen LogP contribution is 2.49. The van der Waals surface area contributed by atoms with Crippen LogP contribution in [0.4, 0.5) is 0 Å². The van der Waals surface area contributed by atoms with E-state index in [-0.39, 0.29) is 35.5 Å². The van der Waals surface area contributed by atoms with Crippen LogP contribution in [0.1, 0.15) is 29.5 Å². The lowest BCUT2D eigenvalue weighted by atomic mass is 9.63. The van der Waals surface area contributed by atoms with Gasteiger partial charge in [0.15, 0.2) is 0 Å². The molecule has 6 rings (SSSR count). The minimum Gasteiger partial charge on any atom is -0.489 e. The molecule has 3 aliphatic carbocycles. The van der Waals surface area contributed by atoms with Gasteiger partial charge in [0.2, 0.25) is 0 Å². The molecule has 0 radical (unpaired) electrons. The summed E-state index contributed by atoms with van der Waals surface area (Å²) >= 11 is 0. The molecule has 4 aliphatic rings. The quantitative estimate of drug-likeness (QED) is 0.427. The fourth-order valence-corrected chi connectivity index (χ4v) is 4.86. The number of nitrogens with zero attached hydrogens (tertiary/aromatic N) is 3. The lowest BCUT2D eigenvalue weighted by Crippen LogP contribution is -2.38. The molecule has 154 valence electrons. The summed E-state index contributed by atoms with van der Waals surface area (Å²) < 4.78 is 5.78. The Hall–Kier alpha value is -3.72. The molecule has 4 atom stereocenters.